The maximum Gasteiger partial charge on any atom is 0.0379 e. The van der Waals surface area contributed by atoms with Gasteiger partial charge in [0, 0.05) is 8.80 Å². The van der Waals surface area contributed by atoms with Gasteiger partial charge in [0.2, 0.25) is 0 Å². The van der Waals surface area contributed by atoms with E-state index in [1.165, 1.54) is 22.5 Å². The second kappa shape index (κ2) is 9.90. The van der Waals surface area contributed by atoms with Crippen LogP contribution in [0.15, 0.2) is 10.7 Å². The molecule has 0 saturated heterocycles. The fourth-order valence-electron chi connectivity index (χ4n) is 0. The summed E-state index contributed by atoms with van der Waals surface area (Å²) in [6.45, 7) is 10.2. The van der Waals surface area contributed by atoms with E-state index in [1.807, 2.05) is 4.09 Å². The molecule has 0 amide bonds. The largest absolute Gasteiger partial charge is 0.0715 e. The van der Waals surface area contributed by atoms with Crippen molar-refractivity contribution >= 4 is 31.3 Å². The summed E-state index contributed by atoms with van der Waals surface area (Å²) in [5, 5.41) is 0. The van der Waals surface area contributed by atoms with E-state index >= 15 is 0 Å². The Hall–Kier alpha value is 0.756. The fraction of sp³-hybridized carbons (Fsp3) is 0.600. The van der Waals surface area contributed by atoms with Crippen LogP contribution in [0, 0.1) is 0 Å². The summed E-state index contributed by atoms with van der Waals surface area (Å²) in [7, 11) is 0.120. The van der Waals surface area contributed by atoms with Crippen LogP contribution >= 0.6 is 0 Å². The number of hydrogen-bond donors (Lipinski definition) is 0. The predicted molar refractivity (Wildman–Crippen MR) is 39.3 cm³/mol. The molecule has 0 aliphatic rings. The molecular weight excluding hydrogens is 207 g/mol. The molecule has 0 aromatic carbocycles. The van der Waals surface area contributed by atoms with Crippen LogP contribution in [0.3, 0.4) is 0 Å². The van der Waals surface area contributed by atoms with Crippen molar-refractivity contribution in [2.75, 3.05) is 0 Å². The Morgan fingerprint density at radius 3 is 1.43 bits per heavy atom. The molecule has 0 spiro atoms. The average Bonchev–Trinajstić information content (AvgIpc) is 1.33. The first-order valence-corrected chi connectivity index (χ1v) is 6.84. The first-order chi connectivity index (χ1) is 3.15. The van der Waals surface area contributed by atoms with Crippen LogP contribution in [-0.4, -0.2) is 31.3 Å². The van der Waals surface area contributed by atoms with Gasteiger partial charge in [-0.2, -0.15) is 0 Å². The van der Waals surface area contributed by atoms with Crippen molar-refractivity contribution < 1.29 is 0 Å². The zero-order chi connectivity index (χ0) is 6.28. The van der Waals surface area contributed by atoms with Crippen molar-refractivity contribution in [1.29, 1.82) is 0 Å². The summed E-state index contributed by atoms with van der Waals surface area (Å²) < 4.78 is 1.84. The van der Waals surface area contributed by atoms with Gasteiger partial charge in [0.25, 0.3) is 0 Å². The van der Waals surface area contributed by atoms with Crippen LogP contribution in [0.2, 0.25) is 19.6 Å². The molecule has 7 heavy (non-hydrogen) atoms. The van der Waals surface area contributed by atoms with Crippen LogP contribution < -0.4 is 0 Å². The van der Waals surface area contributed by atoms with E-state index in [1.54, 1.807) is 0 Å². The molecule has 0 rings (SSSR count). The van der Waals surface area contributed by atoms with Crippen molar-refractivity contribution in [3.05, 3.63) is 10.7 Å². The SMILES string of the molecule is C=[CH][Sn].C[Si](C)C. The molecule has 0 unspecified atom stereocenters. The minimum Gasteiger partial charge on any atom is -0.0715 e. The van der Waals surface area contributed by atoms with Crippen LogP contribution in [0.5, 0.6) is 0 Å². The molecule has 0 fully saturated rings. The smallest absolute Gasteiger partial charge is 0.0379 e. The second-order valence-corrected chi connectivity index (χ2v) is 5.87. The first kappa shape index (κ1) is 10.7. The van der Waals surface area contributed by atoms with Gasteiger partial charge >= 0.3 is 33.2 Å². The van der Waals surface area contributed by atoms with E-state index in [9.17, 15) is 0 Å². The van der Waals surface area contributed by atoms with Gasteiger partial charge < -0.3 is 0 Å². The Morgan fingerprint density at radius 2 is 1.43 bits per heavy atom. The first-order valence-electron chi connectivity index (χ1n) is 2.20. The normalized spacial score (nSPS) is 7.00. The Labute approximate surface area is 61.7 Å². The number of rotatable bonds is 0. The molecule has 0 aliphatic carbocycles. The summed E-state index contributed by atoms with van der Waals surface area (Å²) in [5.41, 5.74) is 0. The zero-order valence-corrected chi connectivity index (χ0v) is 9.14. The third-order valence-electron chi connectivity index (χ3n) is 0. The minimum absolute atomic E-state index is 0.120. The maximum atomic E-state index is 3.40. The molecule has 0 aromatic rings. The van der Waals surface area contributed by atoms with Crippen molar-refractivity contribution in [2.45, 2.75) is 19.6 Å². The molecule has 0 atom stereocenters. The molecule has 0 heterocycles. The van der Waals surface area contributed by atoms with Gasteiger partial charge in [-0.05, 0) is 0 Å². The molecule has 4 radical (unpaired) electrons. The minimum atomic E-state index is 0.120. The van der Waals surface area contributed by atoms with Crippen molar-refractivity contribution in [3.8, 4) is 0 Å². The second-order valence-electron chi connectivity index (χ2n) is 1.70. The Bertz CT molecular complexity index is 32.3. The predicted octanol–water partition coefficient (Wildman–Crippen LogP) is 1.67. The van der Waals surface area contributed by atoms with E-state index < -0.39 is 0 Å². The monoisotopic (exact) mass is 220 g/mol. The fourth-order valence-corrected chi connectivity index (χ4v) is 0. The van der Waals surface area contributed by atoms with Gasteiger partial charge in [0.15, 0.2) is 0 Å². The molecule has 2 heteroatoms. The van der Waals surface area contributed by atoms with Gasteiger partial charge in [-0.15, -0.1) is 0 Å². The van der Waals surface area contributed by atoms with Crippen molar-refractivity contribution in [3.63, 3.8) is 0 Å². The maximum absolute atomic E-state index is 3.40. The Balaban J connectivity index is 0. The molecule has 0 bridgehead atoms. The van der Waals surface area contributed by atoms with Crippen LogP contribution in [0.4, 0.5) is 0 Å². The Morgan fingerprint density at radius 1 is 1.43 bits per heavy atom. The van der Waals surface area contributed by atoms with Crippen LogP contribution in [0.1, 0.15) is 0 Å². The van der Waals surface area contributed by atoms with Crippen molar-refractivity contribution in [2.24, 2.45) is 0 Å². The quantitative estimate of drug-likeness (QED) is 0.543. The zero-order valence-electron chi connectivity index (χ0n) is 5.28. The molecule has 0 aliphatic heterocycles. The molecular formula is C5H12SiSn. The Kier molecular flexibility index (Phi) is 15.1. The summed E-state index contributed by atoms with van der Waals surface area (Å²) in [6, 6.07) is 0. The summed E-state index contributed by atoms with van der Waals surface area (Å²) in [4.78, 5) is 0. The van der Waals surface area contributed by atoms with Gasteiger partial charge in [-0.3, -0.25) is 0 Å². The molecule has 0 N–H and O–H groups in total. The summed E-state index contributed by atoms with van der Waals surface area (Å²) in [6.07, 6.45) is 0. The van der Waals surface area contributed by atoms with E-state index in [0.717, 1.165) is 0 Å². The van der Waals surface area contributed by atoms with E-state index in [4.69, 9.17) is 0 Å². The van der Waals surface area contributed by atoms with Crippen molar-refractivity contribution in [1.82, 2.24) is 0 Å². The van der Waals surface area contributed by atoms with Gasteiger partial charge in [-0.1, -0.05) is 19.6 Å². The van der Waals surface area contributed by atoms with Gasteiger partial charge in [0.1, 0.15) is 0 Å². The molecule has 0 saturated carbocycles. The topological polar surface area (TPSA) is 0 Å². The molecule has 0 aromatic heterocycles. The molecule has 0 nitrogen and oxygen atoms in total. The summed E-state index contributed by atoms with van der Waals surface area (Å²) >= 11 is 1.40. The van der Waals surface area contributed by atoms with E-state index in [2.05, 4.69) is 26.2 Å². The number of hydrogen-bond acceptors (Lipinski definition) is 0. The third-order valence-corrected chi connectivity index (χ3v) is 0. The van der Waals surface area contributed by atoms with Crippen LogP contribution in [0.25, 0.3) is 0 Å². The molecule has 40 valence electrons. The summed E-state index contributed by atoms with van der Waals surface area (Å²) in [5.74, 6) is 0. The van der Waals surface area contributed by atoms with Crippen LogP contribution in [-0.2, 0) is 0 Å². The van der Waals surface area contributed by atoms with Gasteiger partial charge in [0.05, 0.1) is 0 Å². The average molecular weight is 219 g/mol. The third kappa shape index (κ3) is 268. The standard InChI is InChI=1S/C3H9Si.C2H3.Sn/c1-4(2)3;1-2;/h1-3H3;1H,2H2;. The van der Waals surface area contributed by atoms with Gasteiger partial charge in [-0.25, -0.2) is 0 Å². The van der Waals surface area contributed by atoms with E-state index in [0.29, 0.717) is 0 Å². The van der Waals surface area contributed by atoms with E-state index in [-0.39, 0.29) is 8.80 Å².